The van der Waals surface area contributed by atoms with E-state index >= 15 is 0 Å². The highest BCUT2D eigenvalue weighted by molar-refractivity contribution is 5.86. The van der Waals surface area contributed by atoms with Crippen molar-refractivity contribution < 1.29 is 9.53 Å². The van der Waals surface area contributed by atoms with E-state index in [0.717, 1.165) is 17.4 Å². The first kappa shape index (κ1) is 18.4. The molecule has 5 nitrogen and oxygen atoms in total. The van der Waals surface area contributed by atoms with Crippen molar-refractivity contribution in [1.29, 1.82) is 0 Å². The van der Waals surface area contributed by atoms with Gasteiger partial charge in [-0.1, -0.05) is 54.6 Å². The summed E-state index contributed by atoms with van der Waals surface area (Å²) in [7, 11) is 0. The van der Waals surface area contributed by atoms with Gasteiger partial charge in [0.2, 0.25) is 0 Å². The van der Waals surface area contributed by atoms with Crippen LogP contribution in [-0.2, 0) is 0 Å². The number of aldehydes is 1. The van der Waals surface area contributed by atoms with Crippen LogP contribution in [0.25, 0.3) is 22.4 Å². The number of carbonyl (C=O) groups excluding carboxylic acids is 1. The monoisotopic (exact) mass is 382 g/mol. The van der Waals surface area contributed by atoms with Crippen molar-refractivity contribution in [3.63, 3.8) is 0 Å². The van der Waals surface area contributed by atoms with Gasteiger partial charge in [0.1, 0.15) is 23.5 Å². The fourth-order valence-corrected chi connectivity index (χ4v) is 3.18. The Morgan fingerprint density at radius 3 is 2.31 bits per heavy atom. The second-order valence-electron chi connectivity index (χ2n) is 6.55. The van der Waals surface area contributed by atoms with E-state index in [4.69, 9.17) is 4.74 Å². The lowest BCUT2D eigenvalue weighted by Gasteiger charge is -2.15. The minimum atomic E-state index is -0.260. The van der Waals surface area contributed by atoms with Gasteiger partial charge in [0.15, 0.2) is 0 Å². The van der Waals surface area contributed by atoms with Crippen LogP contribution in [0.15, 0.2) is 83.7 Å². The van der Waals surface area contributed by atoms with Crippen LogP contribution in [0.1, 0.15) is 15.9 Å². The highest BCUT2D eigenvalue weighted by atomic mass is 16.5. The van der Waals surface area contributed by atoms with Crippen LogP contribution in [0.5, 0.6) is 11.5 Å². The van der Waals surface area contributed by atoms with Gasteiger partial charge in [-0.25, -0.2) is 5.10 Å². The Morgan fingerprint density at radius 1 is 0.897 bits per heavy atom. The Kier molecular flexibility index (Phi) is 5.03. The summed E-state index contributed by atoms with van der Waals surface area (Å²) < 4.78 is 6.08. The molecule has 0 unspecified atom stereocenters. The molecule has 0 amide bonds. The van der Waals surface area contributed by atoms with Gasteiger partial charge in [-0.2, -0.15) is 5.10 Å². The zero-order valence-corrected chi connectivity index (χ0v) is 15.8. The Balaban J connectivity index is 1.89. The van der Waals surface area contributed by atoms with Gasteiger partial charge >= 0.3 is 0 Å². The van der Waals surface area contributed by atoms with Crippen LogP contribution < -0.4 is 10.3 Å². The molecule has 0 bridgehead atoms. The first-order chi connectivity index (χ1) is 14.2. The molecule has 0 spiro atoms. The Hall–Kier alpha value is -3.99. The van der Waals surface area contributed by atoms with E-state index in [-0.39, 0.29) is 5.56 Å². The first-order valence-corrected chi connectivity index (χ1v) is 9.14. The van der Waals surface area contributed by atoms with Gasteiger partial charge in [0.25, 0.3) is 5.56 Å². The first-order valence-electron chi connectivity index (χ1n) is 9.14. The summed E-state index contributed by atoms with van der Waals surface area (Å²) in [5, 5.41) is 6.92. The van der Waals surface area contributed by atoms with Crippen molar-refractivity contribution in [3.8, 4) is 33.9 Å². The Labute approximate surface area is 167 Å². The highest BCUT2D eigenvalue weighted by Crippen LogP contribution is 2.38. The van der Waals surface area contributed by atoms with Crippen LogP contribution in [0.3, 0.4) is 0 Å². The minimum absolute atomic E-state index is 0.260. The second-order valence-corrected chi connectivity index (χ2v) is 6.55. The van der Waals surface area contributed by atoms with Crippen molar-refractivity contribution in [3.05, 3.63) is 100 Å². The molecule has 0 aliphatic rings. The normalized spacial score (nSPS) is 10.5. The van der Waals surface area contributed by atoms with E-state index in [1.54, 1.807) is 19.1 Å². The van der Waals surface area contributed by atoms with E-state index < -0.39 is 0 Å². The van der Waals surface area contributed by atoms with Crippen LogP contribution in [0.4, 0.5) is 0 Å². The number of carbonyl (C=O) groups is 1. The highest BCUT2D eigenvalue weighted by Gasteiger charge is 2.18. The third kappa shape index (κ3) is 3.71. The van der Waals surface area contributed by atoms with Crippen LogP contribution in [-0.4, -0.2) is 16.5 Å². The molecule has 4 aromatic rings. The van der Waals surface area contributed by atoms with E-state index in [0.29, 0.717) is 33.9 Å². The molecule has 29 heavy (non-hydrogen) atoms. The molecule has 142 valence electrons. The maximum absolute atomic E-state index is 12.3. The molecule has 4 rings (SSSR count). The molecule has 5 heteroatoms. The summed E-state index contributed by atoms with van der Waals surface area (Å²) in [5.74, 6) is 1.33. The predicted molar refractivity (Wildman–Crippen MR) is 112 cm³/mol. The number of para-hydroxylation sites is 2. The fourth-order valence-electron chi connectivity index (χ4n) is 3.18. The van der Waals surface area contributed by atoms with Crippen LogP contribution in [0, 0.1) is 6.92 Å². The molecule has 0 atom stereocenters. The summed E-state index contributed by atoms with van der Waals surface area (Å²) >= 11 is 0. The molecule has 0 aliphatic heterocycles. The van der Waals surface area contributed by atoms with Gasteiger partial charge in [0.05, 0.1) is 0 Å². The van der Waals surface area contributed by atoms with E-state index in [2.05, 4.69) is 10.2 Å². The fraction of sp³-hybridized carbons (Fsp3) is 0.0417. The Morgan fingerprint density at radius 2 is 1.59 bits per heavy atom. The summed E-state index contributed by atoms with van der Waals surface area (Å²) in [6, 6.07) is 24.1. The van der Waals surface area contributed by atoms with Crippen molar-refractivity contribution in [2.75, 3.05) is 0 Å². The molecule has 0 radical (unpaired) electrons. The number of rotatable bonds is 5. The number of nitrogens with one attached hydrogen (secondary N) is 1. The predicted octanol–water partition coefficient (Wildman–Crippen LogP) is 5.02. The zero-order valence-electron chi connectivity index (χ0n) is 15.8. The maximum atomic E-state index is 12.3. The number of aromatic amines is 1. The van der Waals surface area contributed by atoms with Crippen molar-refractivity contribution in [2.45, 2.75) is 6.92 Å². The number of benzene rings is 3. The number of ether oxygens (including phenoxy) is 1. The SMILES string of the molecule is Cc1c(-c2ccc(C=O)cc2)c(-c2ccccc2Oc2ccccc2)n[nH]c1=O. The molecule has 0 saturated heterocycles. The minimum Gasteiger partial charge on any atom is -0.457 e. The van der Waals surface area contributed by atoms with Crippen molar-refractivity contribution >= 4 is 6.29 Å². The van der Waals surface area contributed by atoms with E-state index in [1.165, 1.54) is 0 Å². The zero-order chi connectivity index (χ0) is 20.2. The molecule has 1 aromatic heterocycles. The van der Waals surface area contributed by atoms with E-state index in [1.807, 2.05) is 66.7 Å². The number of hydrogen-bond donors (Lipinski definition) is 1. The smallest absolute Gasteiger partial charge is 0.267 e. The number of H-pyrrole nitrogens is 1. The van der Waals surface area contributed by atoms with E-state index in [9.17, 15) is 9.59 Å². The third-order valence-corrected chi connectivity index (χ3v) is 4.67. The molecule has 0 fully saturated rings. The van der Waals surface area contributed by atoms with Gasteiger partial charge in [-0.15, -0.1) is 0 Å². The largest absolute Gasteiger partial charge is 0.457 e. The van der Waals surface area contributed by atoms with Gasteiger partial charge in [-0.3, -0.25) is 9.59 Å². The summed E-state index contributed by atoms with van der Waals surface area (Å²) in [5.41, 5.74) is 3.72. The molecule has 1 heterocycles. The third-order valence-electron chi connectivity index (χ3n) is 4.67. The lowest BCUT2D eigenvalue weighted by atomic mass is 9.95. The topological polar surface area (TPSA) is 72.0 Å². The summed E-state index contributed by atoms with van der Waals surface area (Å²) in [4.78, 5) is 23.3. The van der Waals surface area contributed by atoms with Gasteiger partial charge in [-0.05, 0) is 36.8 Å². The lowest BCUT2D eigenvalue weighted by molar-refractivity contribution is 0.112. The molecule has 1 N–H and O–H groups in total. The maximum Gasteiger partial charge on any atom is 0.267 e. The Bertz CT molecular complexity index is 1210. The average Bonchev–Trinajstić information content (AvgIpc) is 2.77. The van der Waals surface area contributed by atoms with Gasteiger partial charge in [0, 0.05) is 22.3 Å². The van der Waals surface area contributed by atoms with Crippen molar-refractivity contribution in [2.24, 2.45) is 0 Å². The molecule has 0 aliphatic carbocycles. The van der Waals surface area contributed by atoms with Crippen molar-refractivity contribution in [1.82, 2.24) is 10.2 Å². The molecular formula is C24H18N2O3. The quantitative estimate of drug-likeness (QED) is 0.492. The molecule has 3 aromatic carbocycles. The summed E-state index contributed by atoms with van der Waals surface area (Å²) in [6.07, 6.45) is 0.788. The summed E-state index contributed by atoms with van der Waals surface area (Å²) in [6.45, 7) is 1.76. The standard InChI is InChI=1S/C24H18N2O3/c1-16-22(18-13-11-17(15-27)12-14-18)23(25-26-24(16)28)20-9-5-6-10-21(20)29-19-7-3-2-4-8-19/h2-15H,1H3,(H,26,28). The molecular weight excluding hydrogens is 364 g/mol. The number of nitrogens with zero attached hydrogens (tertiary/aromatic N) is 1. The number of hydrogen-bond acceptors (Lipinski definition) is 4. The average molecular weight is 382 g/mol. The number of aromatic nitrogens is 2. The van der Waals surface area contributed by atoms with Crippen LogP contribution >= 0.6 is 0 Å². The molecule has 0 saturated carbocycles. The van der Waals surface area contributed by atoms with Crippen LogP contribution in [0.2, 0.25) is 0 Å². The second kappa shape index (κ2) is 7.94. The lowest BCUT2D eigenvalue weighted by Crippen LogP contribution is -2.14. The van der Waals surface area contributed by atoms with Gasteiger partial charge < -0.3 is 4.74 Å².